The van der Waals surface area contributed by atoms with Crippen molar-refractivity contribution in [1.29, 1.82) is 0 Å². The van der Waals surface area contributed by atoms with Crippen LogP contribution in [-0.2, 0) is 4.79 Å². The molecule has 0 radical (unpaired) electrons. The molecule has 0 N–H and O–H groups in total. The van der Waals surface area contributed by atoms with Crippen LogP contribution in [0.1, 0.15) is 5.56 Å². The lowest BCUT2D eigenvalue weighted by Gasteiger charge is -2.35. The Hall–Kier alpha value is -1.97. The van der Waals surface area contributed by atoms with Gasteiger partial charge in [0.25, 0.3) is 0 Å². The molecule has 1 aliphatic rings. The third kappa shape index (κ3) is 4.31. The number of carbonyl (C=O) groups excluding carboxylic acids is 1. The Morgan fingerprint density at radius 3 is 1.96 bits per heavy atom. The number of halogens is 2. The molecule has 0 unspecified atom stereocenters. The second-order valence-electron chi connectivity index (χ2n) is 5.67. The van der Waals surface area contributed by atoms with E-state index in [1.54, 1.807) is 6.08 Å². The van der Waals surface area contributed by atoms with Crippen molar-refractivity contribution in [3.63, 3.8) is 0 Å². The first-order valence-electron chi connectivity index (χ1n) is 7.85. The quantitative estimate of drug-likeness (QED) is 0.759. The van der Waals surface area contributed by atoms with Crippen LogP contribution in [0.2, 0.25) is 10.0 Å². The minimum absolute atomic E-state index is 0.0423. The van der Waals surface area contributed by atoms with Gasteiger partial charge in [0.05, 0.1) is 0 Å². The summed E-state index contributed by atoms with van der Waals surface area (Å²) in [5.41, 5.74) is 2.11. The maximum absolute atomic E-state index is 12.3. The van der Waals surface area contributed by atoms with Gasteiger partial charge in [0.2, 0.25) is 5.91 Å². The summed E-state index contributed by atoms with van der Waals surface area (Å²) in [4.78, 5) is 16.4. The summed E-state index contributed by atoms with van der Waals surface area (Å²) in [5, 5.41) is 1.43. The van der Waals surface area contributed by atoms with E-state index in [9.17, 15) is 4.79 Å². The van der Waals surface area contributed by atoms with Crippen molar-refractivity contribution in [1.82, 2.24) is 4.90 Å². The molecule has 1 saturated heterocycles. The molecule has 24 heavy (non-hydrogen) atoms. The minimum Gasteiger partial charge on any atom is -0.368 e. The lowest BCUT2D eigenvalue weighted by molar-refractivity contribution is -0.126. The minimum atomic E-state index is 0.0423. The van der Waals surface area contributed by atoms with Crippen molar-refractivity contribution < 1.29 is 4.79 Å². The molecule has 0 aromatic heterocycles. The molecule has 0 aliphatic carbocycles. The summed E-state index contributed by atoms with van der Waals surface area (Å²) in [6.45, 7) is 3.07. The van der Waals surface area contributed by atoms with Crippen LogP contribution in [0.4, 0.5) is 5.69 Å². The number of anilines is 1. The molecule has 0 saturated carbocycles. The molecular formula is C19H18Cl2N2O. The van der Waals surface area contributed by atoms with Gasteiger partial charge in [-0.2, -0.15) is 0 Å². The Kier molecular flexibility index (Phi) is 5.44. The number of amides is 1. The van der Waals surface area contributed by atoms with Crippen molar-refractivity contribution in [3.05, 3.63) is 70.2 Å². The number of hydrogen-bond acceptors (Lipinski definition) is 2. The van der Waals surface area contributed by atoms with E-state index in [0.29, 0.717) is 18.1 Å². The molecular weight excluding hydrogens is 343 g/mol. The summed E-state index contributed by atoms with van der Waals surface area (Å²) in [6, 6.07) is 15.2. The Labute approximate surface area is 152 Å². The van der Waals surface area contributed by atoms with E-state index in [1.165, 1.54) is 0 Å². The number of hydrogen-bond donors (Lipinski definition) is 0. The molecule has 0 bridgehead atoms. The summed E-state index contributed by atoms with van der Waals surface area (Å²) in [5.74, 6) is 0.0423. The van der Waals surface area contributed by atoms with E-state index >= 15 is 0 Å². The predicted molar refractivity (Wildman–Crippen MR) is 101 cm³/mol. The van der Waals surface area contributed by atoms with E-state index in [-0.39, 0.29) is 5.91 Å². The van der Waals surface area contributed by atoms with E-state index in [2.05, 4.69) is 4.90 Å². The molecule has 5 heteroatoms. The van der Waals surface area contributed by atoms with Gasteiger partial charge in [0.1, 0.15) is 0 Å². The highest BCUT2D eigenvalue weighted by Gasteiger charge is 2.19. The zero-order valence-corrected chi connectivity index (χ0v) is 14.7. The van der Waals surface area contributed by atoms with Crippen molar-refractivity contribution >= 4 is 40.9 Å². The molecule has 0 spiro atoms. The fraction of sp³-hybridized carbons (Fsp3) is 0.211. The molecule has 3 nitrogen and oxygen atoms in total. The number of carbonyl (C=O) groups is 1. The van der Waals surface area contributed by atoms with Gasteiger partial charge in [-0.15, -0.1) is 0 Å². The maximum Gasteiger partial charge on any atom is 0.246 e. The predicted octanol–water partition coefficient (Wildman–Crippen LogP) is 4.36. The topological polar surface area (TPSA) is 23.6 Å². The van der Waals surface area contributed by atoms with Crippen molar-refractivity contribution in [3.8, 4) is 0 Å². The van der Waals surface area contributed by atoms with Crippen LogP contribution in [0.15, 0.2) is 54.6 Å². The average Bonchev–Trinajstić information content (AvgIpc) is 2.62. The monoisotopic (exact) mass is 360 g/mol. The lowest BCUT2D eigenvalue weighted by Crippen LogP contribution is -2.48. The fourth-order valence-electron chi connectivity index (χ4n) is 2.68. The SMILES string of the molecule is O=C(/C=C/c1ccc(Cl)cc1)N1CCN(c2ccc(Cl)cc2)CC1. The Bertz CT molecular complexity index is 718. The highest BCUT2D eigenvalue weighted by molar-refractivity contribution is 6.30. The largest absolute Gasteiger partial charge is 0.368 e. The van der Waals surface area contributed by atoms with Gasteiger partial charge in [0.15, 0.2) is 0 Å². The number of rotatable bonds is 3. The van der Waals surface area contributed by atoms with E-state index < -0.39 is 0 Å². The van der Waals surface area contributed by atoms with Gasteiger partial charge in [-0.05, 0) is 48.0 Å². The summed E-state index contributed by atoms with van der Waals surface area (Å²) in [7, 11) is 0. The molecule has 124 valence electrons. The first kappa shape index (κ1) is 16.9. The van der Waals surface area contributed by atoms with Gasteiger partial charge < -0.3 is 9.80 Å². The Morgan fingerprint density at radius 1 is 0.833 bits per heavy atom. The van der Waals surface area contributed by atoms with Crippen molar-refractivity contribution in [2.75, 3.05) is 31.1 Å². The zero-order valence-electron chi connectivity index (χ0n) is 13.2. The highest BCUT2D eigenvalue weighted by atomic mass is 35.5. The highest BCUT2D eigenvalue weighted by Crippen LogP contribution is 2.19. The third-order valence-corrected chi connectivity index (χ3v) is 4.58. The van der Waals surface area contributed by atoms with Crippen LogP contribution in [-0.4, -0.2) is 37.0 Å². The van der Waals surface area contributed by atoms with Gasteiger partial charge in [-0.3, -0.25) is 4.79 Å². The van der Waals surface area contributed by atoms with Gasteiger partial charge in [-0.1, -0.05) is 35.3 Å². The molecule has 2 aromatic carbocycles. The van der Waals surface area contributed by atoms with Gasteiger partial charge in [-0.25, -0.2) is 0 Å². The smallest absolute Gasteiger partial charge is 0.246 e. The second kappa shape index (κ2) is 7.73. The molecule has 1 aliphatic heterocycles. The van der Waals surface area contributed by atoms with Crippen LogP contribution in [0.3, 0.4) is 0 Å². The van der Waals surface area contributed by atoms with Crippen LogP contribution in [0.5, 0.6) is 0 Å². The lowest BCUT2D eigenvalue weighted by atomic mass is 10.2. The Morgan fingerprint density at radius 2 is 1.38 bits per heavy atom. The second-order valence-corrected chi connectivity index (χ2v) is 6.55. The van der Waals surface area contributed by atoms with Crippen molar-refractivity contribution in [2.24, 2.45) is 0 Å². The summed E-state index contributed by atoms with van der Waals surface area (Å²) in [6.07, 6.45) is 3.45. The zero-order chi connectivity index (χ0) is 16.9. The summed E-state index contributed by atoms with van der Waals surface area (Å²) >= 11 is 11.8. The molecule has 2 aromatic rings. The van der Waals surface area contributed by atoms with E-state index in [0.717, 1.165) is 29.4 Å². The van der Waals surface area contributed by atoms with E-state index in [4.69, 9.17) is 23.2 Å². The van der Waals surface area contributed by atoms with Crippen LogP contribution >= 0.6 is 23.2 Å². The third-order valence-electron chi connectivity index (χ3n) is 4.07. The number of piperazine rings is 1. The molecule has 1 fully saturated rings. The van der Waals surface area contributed by atoms with Crippen LogP contribution in [0.25, 0.3) is 6.08 Å². The standard InChI is InChI=1S/C19H18Cl2N2O/c20-16-4-1-15(2-5-16)3-10-19(24)23-13-11-22(12-14-23)18-8-6-17(21)7-9-18/h1-10H,11-14H2/b10-3+. The normalized spacial score (nSPS) is 15.1. The molecule has 1 heterocycles. The molecule has 1 amide bonds. The first-order valence-corrected chi connectivity index (χ1v) is 8.60. The maximum atomic E-state index is 12.3. The number of nitrogens with zero attached hydrogens (tertiary/aromatic N) is 2. The molecule has 0 atom stereocenters. The first-order chi connectivity index (χ1) is 11.6. The summed E-state index contributed by atoms with van der Waals surface area (Å²) < 4.78 is 0. The van der Waals surface area contributed by atoms with Gasteiger partial charge >= 0.3 is 0 Å². The fourth-order valence-corrected chi connectivity index (χ4v) is 2.94. The van der Waals surface area contributed by atoms with E-state index in [1.807, 2.05) is 59.5 Å². The molecule has 3 rings (SSSR count). The Balaban J connectivity index is 1.55. The number of benzene rings is 2. The van der Waals surface area contributed by atoms with Crippen LogP contribution < -0.4 is 4.90 Å². The van der Waals surface area contributed by atoms with Crippen molar-refractivity contribution in [2.45, 2.75) is 0 Å². The van der Waals surface area contributed by atoms with Gasteiger partial charge in [0, 0.05) is 48.0 Å². The average molecular weight is 361 g/mol. The van der Waals surface area contributed by atoms with Crippen LogP contribution in [0, 0.1) is 0 Å².